The summed E-state index contributed by atoms with van der Waals surface area (Å²) in [4.78, 5) is 4.63. The number of alkyl halides is 1. The lowest BCUT2D eigenvalue weighted by molar-refractivity contribution is 0.339. The lowest BCUT2D eigenvalue weighted by Crippen LogP contribution is -2.22. The summed E-state index contributed by atoms with van der Waals surface area (Å²) in [5, 5.41) is 8.11. The van der Waals surface area contributed by atoms with Gasteiger partial charge in [0.2, 0.25) is 0 Å². The average Bonchev–Trinajstić information content (AvgIpc) is 2.85. The van der Waals surface area contributed by atoms with Crippen LogP contribution >= 0.6 is 15.9 Å². The number of halogens is 1. The van der Waals surface area contributed by atoms with Gasteiger partial charge >= 0.3 is 0 Å². The van der Waals surface area contributed by atoms with Crippen molar-refractivity contribution in [3.8, 4) is 5.75 Å². The summed E-state index contributed by atoms with van der Waals surface area (Å²) in [6.45, 7) is 4.77. The highest BCUT2D eigenvalue weighted by Crippen LogP contribution is 2.38. The van der Waals surface area contributed by atoms with Crippen molar-refractivity contribution in [3.05, 3.63) is 41.2 Å². The van der Waals surface area contributed by atoms with E-state index in [1.54, 1.807) is 0 Å². The minimum absolute atomic E-state index is 0.119. The Morgan fingerprint density at radius 2 is 2.09 bits per heavy atom. The largest absolute Gasteiger partial charge is 0.493 e. The van der Waals surface area contributed by atoms with Gasteiger partial charge in [-0.05, 0) is 25.5 Å². The Bertz CT molecular complexity index is 738. The van der Waals surface area contributed by atoms with Gasteiger partial charge in [0.25, 0.3) is 0 Å². The molecule has 23 heavy (non-hydrogen) atoms. The van der Waals surface area contributed by atoms with E-state index in [4.69, 9.17) is 9.73 Å². The molecule has 1 aromatic carbocycles. The van der Waals surface area contributed by atoms with E-state index in [2.05, 4.69) is 33.3 Å². The van der Waals surface area contributed by atoms with Crippen molar-refractivity contribution in [2.45, 2.75) is 31.6 Å². The maximum Gasteiger partial charge on any atom is 0.150 e. The van der Waals surface area contributed by atoms with Crippen LogP contribution in [0.5, 0.6) is 5.75 Å². The molecule has 0 bridgehead atoms. The molecule has 0 saturated carbocycles. The molecule has 1 aliphatic heterocycles. The fourth-order valence-electron chi connectivity index (χ4n) is 2.82. The molecule has 0 amide bonds. The van der Waals surface area contributed by atoms with Crippen LogP contribution in [0.4, 0.5) is 5.69 Å². The molecular formula is C17H21BrN4O. The van der Waals surface area contributed by atoms with E-state index < -0.39 is 0 Å². The summed E-state index contributed by atoms with van der Waals surface area (Å²) in [6.07, 6.45) is 2.00. The Labute approximate surface area is 144 Å². The number of para-hydroxylation sites is 1. The summed E-state index contributed by atoms with van der Waals surface area (Å²) in [5.74, 6) is 1.65. The lowest BCUT2D eigenvalue weighted by Gasteiger charge is -2.22. The summed E-state index contributed by atoms with van der Waals surface area (Å²) in [5.41, 5.74) is 4.17. The molecule has 3 rings (SSSR count). The smallest absolute Gasteiger partial charge is 0.150 e. The number of benzene rings is 1. The van der Waals surface area contributed by atoms with Gasteiger partial charge in [0.15, 0.2) is 4.95 Å². The summed E-state index contributed by atoms with van der Waals surface area (Å²) in [6, 6.07) is 7.97. The van der Waals surface area contributed by atoms with Crippen LogP contribution in [-0.4, -0.2) is 22.2 Å². The van der Waals surface area contributed by atoms with Crippen LogP contribution in [0.3, 0.4) is 0 Å². The Balaban J connectivity index is 2.02. The van der Waals surface area contributed by atoms with Gasteiger partial charge in [-0.1, -0.05) is 41.4 Å². The molecule has 0 fully saturated rings. The van der Waals surface area contributed by atoms with E-state index >= 15 is 0 Å². The van der Waals surface area contributed by atoms with Crippen LogP contribution in [0.1, 0.15) is 42.2 Å². The minimum Gasteiger partial charge on any atom is -0.493 e. The molecule has 5 nitrogen and oxygen atoms in total. The number of hydrogen-bond acceptors (Lipinski definition) is 4. The average molecular weight is 377 g/mol. The van der Waals surface area contributed by atoms with E-state index in [1.165, 1.54) is 0 Å². The van der Waals surface area contributed by atoms with E-state index in [0.717, 1.165) is 47.1 Å². The number of ether oxygens (including phenoxy) is 1. The van der Waals surface area contributed by atoms with Crippen LogP contribution in [0.2, 0.25) is 0 Å². The first-order chi connectivity index (χ1) is 11.2. The first-order valence-corrected chi connectivity index (χ1v) is 8.84. The molecule has 1 aliphatic rings. The van der Waals surface area contributed by atoms with Gasteiger partial charge in [0.1, 0.15) is 11.6 Å². The standard InChI is InChI=1S/C17H21BrN4O/c1-4-8-12-14-15(22(3)21-12)16(18)20-17(19-14)11-9-6-7-10-13(11)23-5-2/h6-7,9-10,16H,4-5,8H2,1-3H3,(H,19,20). The monoisotopic (exact) mass is 376 g/mol. The number of aromatic nitrogens is 2. The molecule has 1 unspecified atom stereocenters. The molecule has 0 radical (unpaired) electrons. The van der Waals surface area contributed by atoms with E-state index in [1.807, 2.05) is 42.9 Å². The number of rotatable bonds is 5. The molecule has 122 valence electrons. The number of hydrogen-bond donors (Lipinski definition) is 1. The molecule has 0 saturated heterocycles. The normalized spacial score (nSPS) is 16.5. The topological polar surface area (TPSA) is 51.4 Å². The fourth-order valence-corrected chi connectivity index (χ4v) is 3.55. The van der Waals surface area contributed by atoms with Gasteiger partial charge in [0, 0.05) is 7.05 Å². The third-order valence-electron chi connectivity index (χ3n) is 3.80. The number of anilines is 1. The summed E-state index contributed by atoms with van der Waals surface area (Å²) < 4.78 is 7.64. The fraction of sp³-hybridized carbons (Fsp3) is 0.412. The van der Waals surface area contributed by atoms with Crippen molar-refractivity contribution in [2.75, 3.05) is 11.9 Å². The van der Waals surface area contributed by atoms with Gasteiger partial charge in [-0.2, -0.15) is 5.10 Å². The molecule has 6 heteroatoms. The van der Waals surface area contributed by atoms with Crippen LogP contribution < -0.4 is 10.1 Å². The maximum absolute atomic E-state index is 5.74. The van der Waals surface area contributed by atoms with Gasteiger partial charge in [-0.15, -0.1) is 0 Å². The van der Waals surface area contributed by atoms with Crippen LogP contribution in [0, 0.1) is 0 Å². The zero-order chi connectivity index (χ0) is 16.4. The summed E-state index contributed by atoms with van der Waals surface area (Å²) in [7, 11) is 1.96. The predicted octanol–water partition coefficient (Wildman–Crippen LogP) is 4.04. The molecule has 1 aromatic heterocycles. The number of fused-ring (bicyclic) bond motifs is 1. The van der Waals surface area contributed by atoms with E-state index in [-0.39, 0.29) is 4.95 Å². The first kappa shape index (κ1) is 16.1. The molecule has 1 N–H and O–H groups in total. The van der Waals surface area contributed by atoms with Crippen LogP contribution in [0.25, 0.3) is 0 Å². The van der Waals surface area contributed by atoms with Crippen molar-refractivity contribution < 1.29 is 4.74 Å². The van der Waals surface area contributed by atoms with Crippen molar-refractivity contribution in [3.63, 3.8) is 0 Å². The maximum atomic E-state index is 5.74. The minimum atomic E-state index is -0.119. The molecular weight excluding hydrogens is 356 g/mol. The molecule has 0 spiro atoms. The number of nitrogens with one attached hydrogen (secondary N) is 1. The van der Waals surface area contributed by atoms with Crippen molar-refractivity contribution in [1.29, 1.82) is 0 Å². The Morgan fingerprint density at radius 3 is 2.83 bits per heavy atom. The van der Waals surface area contributed by atoms with Gasteiger partial charge in [-0.3, -0.25) is 4.68 Å². The third kappa shape index (κ3) is 3.00. The van der Waals surface area contributed by atoms with E-state index in [0.29, 0.717) is 6.61 Å². The lowest BCUT2D eigenvalue weighted by atomic mass is 10.1. The number of aryl methyl sites for hydroxylation is 2. The number of aliphatic imine (C=N–C) groups is 1. The van der Waals surface area contributed by atoms with Crippen LogP contribution in [-0.2, 0) is 13.5 Å². The number of amidine groups is 1. The Hall–Kier alpha value is -1.82. The van der Waals surface area contributed by atoms with E-state index in [9.17, 15) is 0 Å². The van der Waals surface area contributed by atoms with Crippen molar-refractivity contribution in [2.24, 2.45) is 12.0 Å². The summed E-state index contributed by atoms with van der Waals surface area (Å²) >= 11 is 3.67. The SMILES string of the molecule is CCCc1nn(C)c2c1NC(c1ccccc1OCC)=NC2Br. The second-order valence-corrected chi connectivity index (χ2v) is 6.32. The van der Waals surface area contributed by atoms with Gasteiger partial charge < -0.3 is 10.1 Å². The predicted molar refractivity (Wildman–Crippen MR) is 96.6 cm³/mol. The highest BCUT2D eigenvalue weighted by molar-refractivity contribution is 9.09. The van der Waals surface area contributed by atoms with Gasteiger partial charge in [-0.25, -0.2) is 4.99 Å². The van der Waals surface area contributed by atoms with Crippen LogP contribution in [0.15, 0.2) is 29.3 Å². The second-order valence-electron chi connectivity index (χ2n) is 5.45. The third-order valence-corrected chi connectivity index (χ3v) is 4.44. The van der Waals surface area contributed by atoms with Crippen molar-refractivity contribution in [1.82, 2.24) is 9.78 Å². The quantitative estimate of drug-likeness (QED) is 0.632. The zero-order valence-electron chi connectivity index (χ0n) is 13.6. The highest BCUT2D eigenvalue weighted by Gasteiger charge is 2.28. The Kier molecular flexibility index (Phi) is 4.71. The first-order valence-electron chi connectivity index (χ1n) is 7.92. The Morgan fingerprint density at radius 1 is 1.30 bits per heavy atom. The van der Waals surface area contributed by atoms with Crippen molar-refractivity contribution >= 4 is 27.5 Å². The highest BCUT2D eigenvalue weighted by atomic mass is 79.9. The number of nitrogens with zero attached hydrogens (tertiary/aromatic N) is 3. The molecule has 1 atom stereocenters. The second kappa shape index (κ2) is 6.74. The molecule has 2 heterocycles. The molecule has 2 aromatic rings. The zero-order valence-corrected chi connectivity index (χ0v) is 15.2. The van der Waals surface area contributed by atoms with Gasteiger partial charge in [0.05, 0.1) is 29.2 Å². The molecule has 0 aliphatic carbocycles.